The minimum absolute atomic E-state index is 0.216. The van der Waals surface area contributed by atoms with E-state index in [1.54, 1.807) is 6.92 Å². The molecule has 0 radical (unpaired) electrons. The maximum Gasteiger partial charge on any atom is 0.333 e. The van der Waals surface area contributed by atoms with Crippen LogP contribution >= 0.6 is 0 Å². The summed E-state index contributed by atoms with van der Waals surface area (Å²) < 4.78 is 5.83. The van der Waals surface area contributed by atoms with Crippen molar-refractivity contribution in [1.29, 1.82) is 0 Å². The van der Waals surface area contributed by atoms with E-state index in [0.29, 0.717) is 11.5 Å². The highest BCUT2D eigenvalue weighted by molar-refractivity contribution is 5.87. The lowest BCUT2D eigenvalue weighted by molar-refractivity contribution is -0.163. The molecule has 1 aliphatic carbocycles. The number of esters is 1. The fourth-order valence-corrected chi connectivity index (χ4v) is 2.98. The second-order valence-electron chi connectivity index (χ2n) is 5.29. The van der Waals surface area contributed by atoms with Crippen molar-refractivity contribution in [2.45, 2.75) is 71.3 Å². The van der Waals surface area contributed by atoms with Gasteiger partial charge < -0.3 is 4.74 Å². The first kappa shape index (κ1) is 14.3. The summed E-state index contributed by atoms with van der Waals surface area (Å²) in [5.74, 6) is 0.297. The van der Waals surface area contributed by atoms with Crippen molar-refractivity contribution in [1.82, 2.24) is 0 Å². The third kappa shape index (κ3) is 3.34. The molecule has 2 atom stereocenters. The summed E-state index contributed by atoms with van der Waals surface area (Å²) in [4.78, 5) is 11.8. The van der Waals surface area contributed by atoms with Crippen LogP contribution in [-0.2, 0) is 9.53 Å². The van der Waals surface area contributed by atoms with Crippen molar-refractivity contribution in [3.63, 3.8) is 0 Å². The molecular formula is C15H26O2. The van der Waals surface area contributed by atoms with Crippen LogP contribution in [0.1, 0.15) is 65.7 Å². The highest BCUT2D eigenvalue weighted by Gasteiger charge is 2.40. The fraction of sp³-hybridized carbons (Fsp3) is 0.800. The lowest BCUT2D eigenvalue weighted by Gasteiger charge is -2.38. The molecule has 0 saturated heterocycles. The van der Waals surface area contributed by atoms with Crippen molar-refractivity contribution in [2.75, 3.05) is 0 Å². The van der Waals surface area contributed by atoms with Crippen LogP contribution in [0.4, 0.5) is 0 Å². The number of carbonyl (C=O) groups excluding carboxylic acids is 1. The van der Waals surface area contributed by atoms with Crippen LogP contribution in [0, 0.1) is 5.92 Å². The smallest absolute Gasteiger partial charge is 0.333 e. The number of hydrogen-bond donors (Lipinski definition) is 0. The Labute approximate surface area is 105 Å². The molecule has 1 rings (SSSR count). The highest BCUT2D eigenvalue weighted by atomic mass is 16.6. The molecule has 17 heavy (non-hydrogen) atoms. The van der Waals surface area contributed by atoms with E-state index >= 15 is 0 Å². The molecular weight excluding hydrogens is 212 g/mol. The van der Waals surface area contributed by atoms with Gasteiger partial charge in [0, 0.05) is 5.57 Å². The average molecular weight is 238 g/mol. The van der Waals surface area contributed by atoms with E-state index in [2.05, 4.69) is 20.4 Å². The van der Waals surface area contributed by atoms with Gasteiger partial charge in [0.1, 0.15) is 5.60 Å². The Morgan fingerprint density at radius 1 is 1.35 bits per heavy atom. The first-order chi connectivity index (χ1) is 8.05. The van der Waals surface area contributed by atoms with Crippen LogP contribution in [0.5, 0.6) is 0 Å². The molecule has 2 nitrogen and oxygen atoms in total. The molecule has 0 aromatic rings. The van der Waals surface area contributed by atoms with Gasteiger partial charge in [-0.3, -0.25) is 0 Å². The van der Waals surface area contributed by atoms with E-state index in [0.717, 1.165) is 19.3 Å². The van der Waals surface area contributed by atoms with Gasteiger partial charge in [0.25, 0.3) is 0 Å². The predicted molar refractivity (Wildman–Crippen MR) is 70.8 cm³/mol. The average Bonchev–Trinajstić information content (AvgIpc) is 2.51. The van der Waals surface area contributed by atoms with E-state index in [4.69, 9.17) is 4.74 Å². The van der Waals surface area contributed by atoms with Crippen LogP contribution in [0.15, 0.2) is 12.2 Å². The van der Waals surface area contributed by atoms with Gasteiger partial charge in [-0.25, -0.2) is 4.79 Å². The summed E-state index contributed by atoms with van der Waals surface area (Å²) in [5.41, 5.74) is 0.276. The Morgan fingerprint density at radius 3 is 2.59 bits per heavy atom. The van der Waals surface area contributed by atoms with Crippen LogP contribution < -0.4 is 0 Å². The third-order valence-electron chi connectivity index (χ3n) is 4.13. The third-order valence-corrected chi connectivity index (χ3v) is 4.13. The Hall–Kier alpha value is -0.790. The van der Waals surface area contributed by atoms with E-state index in [9.17, 15) is 4.79 Å². The maximum absolute atomic E-state index is 11.8. The van der Waals surface area contributed by atoms with Crippen molar-refractivity contribution < 1.29 is 9.53 Å². The van der Waals surface area contributed by atoms with Crippen LogP contribution in [0.3, 0.4) is 0 Å². The second-order valence-corrected chi connectivity index (χ2v) is 5.29. The van der Waals surface area contributed by atoms with Crippen molar-refractivity contribution in [3.8, 4) is 0 Å². The summed E-state index contributed by atoms with van der Waals surface area (Å²) in [6.45, 7) is 9.75. The summed E-state index contributed by atoms with van der Waals surface area (Å²) in [6.07, 6.45) is 7.93. The van der Waals surface area contributed by atoms with Crippen LogP contribution in [0.2, 0.25) is 0 Å². The van der Waals surface area contributed by atoms with Crippen LogP contribution in [0.25, 0.3) is 0 Å². The van der Waals surface area contributed by atoms with Gasteiger partial charge in [0.2, 0.25) is 0 Å². The molecule has 0 aliphatic heterocycles. The zero-order valence-corrected chi connectivity index (χ0v) is 11.6. The largest absolute Gasteiger partial charge is 0.455 e. The maximum atomic E-state index is 11.8. The standard InChI is InChI=1S/C15H26O2/c1-5-13-10-8-7-9-11-15(13,6-2)17-14(16)12(3)4/h13H,3,5-11H2,1-2,4H3. The monoisotopic (exact) mass is 238 g/mol. The lowest BCUT2D eigenvalue weighted by atomic mass is 9.79. The SMILES string of the molecule is C=C(C)C(=O)OC1(CC)CCCCCC1CC. The zero-order chi connectivity index (χ0) is 12.9. The number of rotatable bonds is 4. The molecule has 2 unspecified atom stereocenters. The summed E-state index contributed by atoms with van der Waals surface area (Å²) in [5, 5.41) is 0. The van der Waals surface area contributed by atoms with Gasteiger partial charge in [-0.05, 0) is 44.9 Å². The quantitative estimate of drug-likeness (QED) is 0.416. The zero-order valence-electron chi connectivity index (χ0n) is 11.6. The number of ether oxygens (including phenoxy) is 1. The molecule has 1 aliphatic rings. The molecule has 0 amide bonds. The van der Waals surface area contributed by atoms with Gasteiger partial charge in [-0.15, -0.1) is 0 Å². The second kappa shape index (κ2) is 6.23. The van der Waals surface area contributed by atoms with E-state index in [1.807, 2.05) is 0 Å². The van der Waals surface area contributed by atoms with Gasteiger partial charge in [-0.2, -0.15) is 0 Å². The Balaban J connectivity index is 2.87. The van der Waals surface area contributed by atoms with Crippen LogP contribution in [-0.4, -0.2) is 11.6 Å². The van der Waals surface area contributed by atoms with Crippen molar-refractivity contribution in [2.24, 2.45) is 5.92 Å². The summed E-state index contributed by atoms with van der Waals surface area (Å²) in [7, 11) is 0. The van der Waals surface area contributed by atoms with Gasteiger partial charge in [0.15, 0.2) is 0 Å². The molecule has 0 N–H and O–H groups in total. The molecule has 98 valence electrons. The minimum atomic E-state index is -0.235. The normalized spacial score (nSPS) is 29.5. The summed E-state index contributed by atoms with van der Waals surface area (Å²) >= 11 is 0. The summed E-state index contributed by atoms with van der Waals surface area (Å²) in [6, 6.07) is 0. The molecule has 0 aromatic carbocycles. The van der Waals surface area contributed by atoms with Gasteiger partial charge >= 0.3 is 5.97 Å². The fourth-order valence-electron chi connectivity index (χ4n) is 2.98. The molecule has 0 bridgehead atoms. The molecule has 0 aromatic heterocycles. The number of carbonyl (C=O) groups is 1. The molecule has 1 fully saturated rings. The topological polar surface area (TPSA) is 26.3 Å². The number of hydrogen-bond acceptors (Lipinski definition) is 2. The molecule has 0 heterocycles. The van der Waals surface area contributed by atoms with Crippen molar-refractivity contribution in [3.05, 3.63) is 12.2 Å². The van der Waals surface area contributed by atoms with E-state index < -0.39 is 0 Å². The van der Waals surface area contributed by atoms with Gasteiger partial charge in [0.05, 0.1) is 0 Å². The first-order valence-electron chi connectivity index (χ1n) is 6.94. The van der Waals surface area contributed by atoms with Crippen molar-refractivity contribution >= 4 is 5.97 Å². The highest BCUT2D eigenvalue weighted by Crippen LogP contribution is 2.40. The molecule has 1 saturated carbocycles. The first-order valence-corrected chi connectivity index (χ1v) is 6.94. The molecule has 2 heteroatoms. The molecule has 0 spiro atoms. The van der Waals surface area contributed by atoms with Gasteiger partial charge in [-0.1, -0.05) is 33.3 Å². The Kier molecular flexibility index (Phi) is 5.23. The minimum Gasteiger partial charge on any atom is -0.455 e. The van der Waals surface area contributed by atoms with E-state index in [-0.39, 0.29) is 11.6 Å². The Bertz CT molecular complexity index is 283. The predicted octanol–water partition coefficient (Wildman–Crippen LogP) is 4.24. The Morgan fingerprint density at radius 2 is 2.06 bits per heavy atom. The van der Waals surface area contributed by atoms with E-state index in [1.165, 1.54) is 25.7 Å². The lowest BCUT2D eigenvalue weighted by Crippen LogP contribution is -2.41.